The van der Waals surface area contributed by atoms with Gasteiger partial charge in [0, 0.05) is 29.4 Å². The van der Waals surface area contributed by atoms with Gasteiger partial charge in [0.05, 0.1) is 25.4 Å². The van der Waals surface area contributed by atoms with Crippen LogP contribution in [-0.4, -0.2) is 36.2 Å². The highest BCUT2D eigenvalue weighted by molar-refractivity contribution is 6.05. The lowest BCUT2D eigenvalue weighted by Crippen LogP contribution is -2.33. The molecule has 0 saturated carbocycles. The number of hydrogen-bond acceptors (Lipinski definition) is 7. The largest absolute Gasteiger partial charge is 0.495 e. The molecule has 0 bridgehead atoms. The van der Waals surface area contributed by atoms with Crippen LogP contribution in [0.3, 0.4) is 0 Å². The van der Waals surface area contributed by atoms with Crippen LogP contribution in [-0.2, 0) is 4.79 Å². The van der Waals surface area contributed by atoms with Crippen molar-refractivity contribution >= 4 is 39.0 Å². The zero-order chi connectivity index (χ0) is 33.6. The number of benzene rings is 3. The van der Waals surface area contributed by atoms with Crippen molar-refractivity contribution in [2.75, 3.05) is 25.3 Å². The molecule has 0 saturated heterocycles. The topological polar surface area (TPSA) is 109 Å². The maximum absolute atomic E-state index is 13.5. The second-order valence-corrected chi connectivity index (χ2v) is 11.7. The van der Waals surface area contributed by atoms with E-state index in [1.807, 2.05) is 54.6 Å². The Hall–Kier alpha value is -4.85. The number of amides is 1. The van der Waals surface area contributed by atoms with Crippen LogP contribution >= 0.6 is 0 Å². The molecule has 2 atom stereocenters. The molecule has 3 aromatic carbocycles. The van der Waals surface area contributed by atoms with Crippen molar-refractivity contribution < 1.29 is 19.0 Å². The summed E-state index contributed by atoms with van der Waals surface area (Å²) in [7, 11) is 3.20. The van der Waals surface area contributed by atoms with Crippen molar-refractivity contribution in [3.05, 3.63) is 90.9 Å². The molecule has 47 heavy (non-hydrogen) atoms. The number of anilines is 2. The third-order valence-electron chi connectivity index (χ3n) is 8.45. The number of nitrogens with one attached hydrogen (secondary N) is 1. The first-order valence-corrected chi connectivity index (χ1v) is 16.5. The standard InChI is InChI=1S/C29H38N2O3.C10H10N2O/c1-5-7-8-9-10-11-27(34-24-15-12-22(13-16-24)21(3)6-2)29(32)31-28-25-20-30-19-18-23(25)14-17-26(28)33-4;1-13-8-5-4-7-3-2-6-12-10(7)9(8)11/h12-21,27H,5-11H2,1-4H3,(H,31,32);2-6H,11H2,1H3. The highest BCUT2D eigenvalue weighted by Crippen LogP contribution is 2.33. The number of hydrogen-bond donors (Lipinski definition) is 2. The van der Waals surface area contributed by atoms with Crippen LogP contribution in [0.1, 0.15) is 77.2 Å². The molecular formula is C39H48N4O4. The summed E-state index contributed by atoms with van der Waals surface area (Å²) in [6.07, 6.45) is 12.0. The van der Waals surface area contributed by atoms with Crippen LogP contribution in [0.15, 0.2) is 85.3 Å². The van der Waals surface area contributed by atoms with Gasteiger partial charge in [0.2, 0.25) is 0 Å². The van der Waals surface area contributed by atoms with E-state index in [-0.39, 0.29) is 5.91 Å². The lowest BCUT2D eigenvalue weighted by molar-refractivity contribution is -0.123. The van der Waals surface area contributed by atoms with E-state index in [1.54, 1.807) is 32.8 Å². The first kappa shape index (κ1) is 35.0. The predicted molar refractivity (Wildman–Crippen MR) is 193 cm³/mol. The summed E-state index contributed by atoms with van der Waals surface area (Å²) in [6, 6.07) is 21.5. The molecule has 0 aliphatic carbocycles. The number of nitrogens with two attached hydrogens (primary N) is 1. The number of rotatable bonds is 14. The summed E-state index contributed by atoms with van der Waals surface area (Å²) < 4.78 is 16.9. The Morgan fingerprint density at radius 3 is 2.30 bits per heavy atom. The second kappa shape index (κ2) is 17.7. The van der Waals surface area contributed by atoms with E-state index < -0.39 is 6.10 Å². The number of carbonyl (C=O) groups excluding carboxylic acids is 1. The third-order valence-corrected chi connectivity index (χ3v) is 8.45. The van der Waals surface area contributed by atoms with Crippen LogP contribution in [0.5, 0.6) is 17.2 Å². The van der Waals surface area contributed by atoms with E-state index in [1.165, 1.54) is 24.8 Å². The molecule has 2 heterocycles. The maximum atomic E-state index is 13.5. The van der Waals surface area contributed by atoms with Gasteiger partial charge in [0.1, 0.15) is 22.9 Å². The number of aromatic nitrogens is 2. The van der Waals surface area contributed by atoms with E-state index in [9.17, 15) is 4.79 Å². The molecule has 0 spiro atoms. The van der Waals surface area contributed by atoms with Crippen LogP contribution in [0, 0.1) is 0 Å². The smallest absolute Gasteiger partial charge is 0.265 e. The summed E-state index contributed by atoms with van der Waals surface area (Å²) >= 11 is 0. The average molecular weight is 637 g/mol. The first-order chi connectivity index (χ1) is 22.9. The van der Waals surface area contributed by atoms with E-state index in [0.29, 0.717) is 41.0 Å². The molecule has 8 nitrogen and oxygen atoms in total. The molecule has 0 aliphatic rings. The number of nitrogens with zero attached hydrogens (tertiary/aromatic N) is 2. The van der Waals surface area contributed by atoms with Crippen LogP contribution in [0.4, 0.5) is 11.4 Å². The number of ether oxygens (including phenoxy) is 3. The van der Waals surface area contributed by atoms with Gasteiger partial charge in [-0.05, 0) is 78.6 Å². The summed E-state index contributed by atoms with van der Waals surface area (Å²) in [5, 5.41) is 5.95. The Morgan fingerprint density at radius 1 is 0.851 bits per heavy atom. The summed E-state index contributed by atoms with van der Waals surface area (Å²) in [5.41, 5.74) is 9.14. The van der Waals surface area contributed by atoms with Gasteiger partial charge < -0.3 is 25.3 Å². The Morgan fingerprint density at radius 2 is 1.57 bits per heavy atom. The molecule has 2 aromatic heterocycles. The quantitative estimate of drug-likeness (QED) is 0.0923. The predicted octanol–water partition coefficient (Wildman–Crippen LogP) is 9.33. The van der Waals surface area contributed by atoms with Gasteiger partial charge in [-0.15, -0.1) is 0 Å². The first-order valence-electron chi connectivity index (χ1n) is 16.5. The lowest BCUT2D eigenvalue weighted by atomic mass is 9.99. The molecule has 0 radical (unpaired) electrons. The van der Waals surface area contributed by atoms with Crippen LogP contribution < -0.4 is 25.3 Å². The second-order valence-electron chi connectivity index (χ2n) is 11.7. The Balaban J connectivity index is 0.000000318. The highest BCUT2D eigenvalue weighted by atomic mass is 16.5. The van der Waals surface area contributed by atoms with Gasteiger partial charge in [0.25, 0.3) is 5.91 Å². The molecule has 248 valence electrons. The number of unbranched alkanes of at least 4 members (excludes halogenated alkanes) is 4. The van der Waals surface area contributed by atoms with E-state index >= 15 is 0 Å². The fraction of sp³-hybridized carbons (Fsp3) is 0.359. The summed E-state index contributed by atoms with van der Waals surface area (Å²) in [6.45, 7) is 6.61. The van der Waals surface area contributed by atoms with Gasteiger partial charge >= 0.3 is 0 Å². The van der Waals surface area contributed by atoms with Crippen molar-refractivity contribution in [1.82, 2.24) is 9.97 Å². The van der Waals surface area contributed by atoms with E-state index in [0.717, 1.165) is 40.9 Å². The number of pyridine rings is 2. The molecular weight excluding hydrogens is 588 g/mol. The molecule has 1 amide bonds. The fourth-order valence-corrected chi connectivity index (χ4v) is 5.42. The molecule has 8 heteroatoms. The van der Waals surface area contributed by atoms with Crippen molar-refractivity contribution in [2.45, 2.75) is 77.7 Å². The molecule has 3 N–H and O–H groups in total. The summed E-state index contributed by atoms with van der Waals surface area (Å²) in [5.74, 6) is 2.32. The Labute approximate surface area is 278 Å². The molecule has 2 unspecified atom stereocenters. The minimum Gasteiger partial charge on any atom is -0.495 e. The Kier molecular flexibility index (Phi) is 13.2. The monoisotopic (exact) mass is 636 g/mol. The number of methoxy groups -OCH3 is 2. The normalized spacial score (nSPS) is 12.1. The molecule has 0 fully saturated rings. The fourth-order valence-electron chi connectivity index (χ4n) is 5.42. The van der Waals surface area contributed by atoms with Gasteiger partial charge in [-0.1, -0.05) is 70.7 Å². The zero-order valence-electron chi connectivity index (χ0n) is 28.3. The average Bonchev–Trinajstić information content (AvgIpc) is 3.11. The van der Waals surface area contributed by atoms with Gasteiger partial charge in [-0.2, -0.15) is 0 Å². The van der Waals surface area contributed by atoms with Crippen LogP contribution in [0.2, 0.25) is 0 Å². The SMILES string of the molecule is CCCCCCCC(Oc1ccc(C(C)CC)cc1)C(=O)Nc1c(OC)ccc2ccncc12.COc1ccc2cccnc2c1N. The van der Waals surface area contributed by atoms with Crippen molar-refractivity contribution in [3.8, 4) is 17.2 Å². The number of carbonyl (C=O) groups is 1. The van der Waals surface area contributed by atoms with E-state index in [4.69, 9.17) is 19.9 Å². The minimum atomic E-state index is -0.590. The van der Waals surface area contributed by atoms with Crippen LogP contribution in [0.25, 0.3) is 21.7 Å². The molecule has 0 aliphatic heterocycles. The summed E-state index contributed by atoms with van der Waals surface area (Å²) in [4.78, 5) is 21.9. The number of fused-ring (bicyclic) bond motifs is 2. The third kappa shape index (κ3) is 9.35. The zero-order valence-corrected chi connectivity index (χ0v) is 28.3. The minimum absolute atomic E-state index is 0.170. The molecule has 5 aromatic rings. The van der Waals surface area contributed by atoms with Crippen molar-refractivity contribution in [2.24, 2.45) is 0 Å². The van der Waals surface area contributed by atoms with Gasteiger partial charge in [0.15, 0.2) is 6.10 Å². The maximum Gasteiger partial charge on any atom is 0.265 e. The Bertz CT molecular complexity index is 1720. The van der Waals surface area contributed by atoms with Crippen molar-refractivity contribution in [3.63, 3.8) is 0 Å². The van der Waals surface area contributed by atoms with E-state index in [2.05, 4.69) is 48.2 Å². The van der Waals surface area contributed by atoms with Gasteiger partial charge in [-0.3, -0.25) is 14.8 Å². The highest BCUT2D eigenvalue weighted by Gasteiger charge is 2.23. The van der Waals surface area contributed by atoms with Crippen molar-refractivity contribution in [1.29, 1.82) is 0 Å². The lowest BCUT2D eigenvalue weighted by Gasteiger charge is -2.21. The molecule has 5 rings (SSSR count). The number of nitrogen functional groups attached to an aromatic ring is 1. The van der Waals surface area contributed by atoms with Gasteiger partial charge in [-0.25, -0.2) is 0 Å².